The van der Waals surface area contributed by atoms with Gasteiger partial charge in [-0.05, 0) is 42.5 Å². The number of benzene rings is 2. The molecule has 2 aromatic carbocycles. The number of ether oxygens (including phenoxy) is 1. The van der Waals surface area contributed by atoms with Crippen LogP contribution in [0.15, 0.2) is 30.3 Å². The largest absolute Gasteiger partial charge is 0.465 e. The lowest BCUT2D eigenvalue weighted by atomic mass is 9.83. The van der Waals surface area contributed by atoms with Crippen molar-refractivity contribution in [3.63, 3.8) is 0 Å². The van der Waals surface area contributed by atoms with Crippen LogP contribution in [0.25, 0.3) is 17.2 Å². The van der Waals surface area contributed by atoms with Crippen molar-refractivity contribution in [2.45, 2.75) is 45.1 Å². The summed E-state index contributed by atoms with van der Waals surface area (Å²) in [5.74, 6) is -5.19. The summed E-state index contributed by atoms with van der Waals surface area (Å²) < 4.78 is 99.6. The van der Waals surface area contributed by atoms with E-state index in [2.05, 4.69) is 6.92 Å². The highest BCUT2D eigenvalue weighted by Crippen LogP contribution is 2.35. The average molecular weight is 462 g/mol. The zero-order chi connectivity index (χ0) is 23.6. The van der Waals surface area contributed by atoms with Gasteiger partial charge in [0.05, 0.1) is 5.56 Å². The molecule has 1 unspecified atom stereocenters. The van der Waals surface area contributed by atoms with E-state index in [1.807, 2.05) is 0 Å². The normalized spacial score (nSPS) is 20.5. The first-order valence-corrected chi connectivity index (χ1v) is 10.0. The Balaban J connectivity index is 1.84. The topological polar surface area (TPSA) is 29.5 Å². The maximum absolute atomic E-state index is 14.6. The number of aliphatic hydroxyl groups excluding tert-OH is 1. The first-order valence-electron chi connectivity index (χ1n) is 10.0. The van der Waals surface area contributed by atoms with Crippen molar-refractivity contribution in [2.24, 2.45) is 11.8 Å². The summed E-state index contributed by atoms with van der Waals surface area (Å²) in [7, 11) is 0. The molecule has 1 atom stereocenters. The number of halogens is 7. The lowest BCUT2D eigenvalue weighted by Gasteiger charge is -2.29. The smallest absolute Gasteiger partial charge is 0.409 e. The molecule has 0 aliphatic heterocycles. The van der Waals surface area contributed by atoms with Gasteiger partial charge in [-0.3, -0.25) is 0 Å². The van der Waals surface area contributed by atoms with Crippen LogP contribution in [0.2, 0.25) is 0 Å². The monoisotopic (exact) mass is 462 g/mol. The summed E-state index contributed by atoms with van der Waals surface area (Å²) in [6.07, 6.45) is -2.98. The fourth-order valence-electron chi connectivity index (χ4n) is 3.77. The fourth-order valence-corrected chi connectivity index (χ4v) is 3.77. The summed E-state index contributed by atoms with van der Waals surface area (Å²) in [6.45, 7) is 2.09. The van der Waals surface area contributed by atoms with Crippen molar-refractivity contribution >= 4 is 6.08 Å². The maximum Gasteiger partial charge on any atom is 0.409 e. The van der Waals surface area contributed by atoms with E-state index in [9.17, 15) is 35.8 Å². The highest BCUT2D eigenvalue weighted by Gasteiger charge is 2.27. The van der Waals surface area contributed by atoms with E-state index in [1.54, 1.807) is 0 Å². The summed E-state index contributed by atoms with van der Waals surface area (Å²) >= 11 is 0. The number of alkyl halides is 3. The number of hydrogen-bond acceptors (Lipinski definition) is 2. The van der Waals surface area contributed by atoms with Gasteiger partial charge in [0.15, 0.2) is 6.29 Å². The number of allylic oxidation sites excluding steroid dienone is 1. The molecule has 3 rings (SSSR count). The van der Waals surface area contributed by atoms with Gasteiger partial charge in [-0.15, -0.1) is 0 Å². The van der Waals surface area contributed by atoms with Crippen molar-refractivity contribution in [2.75, 3.05) is 0 Å². The lowest BCUT2D eigenvalue weighted by Crippen LogP contribution is -2.29. The van der Waals surface area contributed by atoms with E-state index in [0.717, 1.165) is 25.0 Å². The third-order valence-corrected chi connectivity index (χ3v) is 5.54. The van der Waals surface area contributed by atoms with Gasteiger partial charge >= 0.3 is 6.18 Å². The minimum absolute atomic E-state index is 0.183. The maximum atomic E-state index is 14.6. The van der Waals surface area contributed by atoms with E-state index in [4.69, 9.17) is 4.74 Å². The van der Waals surface area contributed by atoms with Crippen molar-refractivity contribution in [3.05, 3.63) is 59.2 Å². The molecule has 0 saturated heterocycles. The Morgan fingerprint density at radius 3 is 1.94 bits per heavy atom. The third kappa shape index (κ3) is 5.82. The Bertz CT molecular complexity index is 946. The van der Waals surface area contributed by atoms with Crippen LogP contribution in [0.3, 0.4) is 0 Å². The van der Waals surface area contributed by atoms with E-state index in [-0.39, 0.29) is 23.8 Å². The molecule has 1 N–H and O–H groups in total. The second kappa shape index (κ2) is 9.52. The molecule has 174 valence electrons. The number of rotatable bonds is 5. The molecule has 1 saturated carbocycles. The van der Waals surface area contributed by atoms with Crippen LogP contribution < -0.4 is 4.74 Å². The molecule has 32 heavy (non-hydrogen) atoms. The van der Waals surface area contributed by atoms with Gasteiger partial charge in [-0.25, -0.2) is 17.6 Å². The zero-order valence-corrected chi connectivity index (χ0v) is 17.0. The summed E-state index contributed by atoms with van der Waals surface area (Å²) in [6, 6.07) is 2.64. The second-order valence-electron chi connectivity index (χ2n) is 8.02. The quantitative estimate of drug-likeness (QED) is 0.383. The van der Waals surface area contributed by atoms with Crippen LogP contribution in [-0.2, 0) is 0 Å². The van der Waals surface area contributed by atoms with Crippen molar-refractivity contribution in [1.29, 1.82) is 0 Å². The lowest BCUT2D eigenvalue weighted by molar-refractivity contribution is -0.0791. The van der Waals surface area contributed by atoms with Gasteiger partial charge < -0.3 is 9.84 Å². The Kier molecular flexibility index (Phi) is 7.17. The van der Waals surface area contributed by atoms with Crippen LogP contribution >= 0.6 is 0 Å². The molecule has 0 aromatic heterocycles. The highest BCUT2D eigenvalue weighted by molar-refractivity contribution is 5.68. The molecule has 1 aliphatic carbocycles. The number of hydrogen-bond donors (Lipinski definition) is 1. The Morgan fingerprint density at radius 1 is 0.906 bits per heavy atom. The molecular formula is C23H21F7O2. The molecule has 2 nitrogen and oxygen atoms in total. The highest BCUT2D eigenvalue weighted by atomic mass is 19.4. The van der Waals surface area contributed by atoms with Crippen LogP contribution in [0.4, 0.5) is 30.7 Å². The molecule has 0 radical (unpaired) electrons. The van der Waals surface area contributed by atoms with Gasteiger partial charge in [-0.1, -0.05) is 19.8 Å². The van der Waals surface area contributed by atoms with E-state index in [0.29, 0.717) is 30.9 Å². The van der Waals surface area contributed by atoms with Gasteiger partial charge in [0, 0.05) is 29.7 Å². The summed E-state index contributed by atoms with van der Waals surface area (Å²) in [5, 5.41) is 10.2. The van der Waals surface area contributed by atoms with Gasteiger partial charge in [0.1, 0.15) is 29.0 Å². The first kappa shape index (κ1) is 24.1. The van der Waals surface area contributed by atoms with Gasteiger partial charge in [0.25, 0.3) is 0 Å². The predicted octanol–water partition coefficient (Wildman–Crippen LogP) is 7.01. The Morgan fingerprint density at radius 2 is 1.44 bits per heavy atom. The minimum Gasteiger partial charge on any atom is -0.465 e. The first-order chi connectivity index (χ1) is 14.9. The standard InChI is InChI=1S/C23H21F7O2/c1-12-2-4-13(5-3-12)22(31)32-15-10-19(26)21(20(27)11-15)14-8-17(24)16(18(25)9-14)6-7-23(28,29)30/h6-13,22,31H,2-5H2,1H3/b7-6+. The van der Waals surface area contributed by atoms with Crippen LogP contribution in [-0.4, -0.2) is 17.6 Å². The molecule has 1 aliphatic rings. The van der Waals surface area contributed by atoms with E-state index >= 15 is 0 Å². The molecule has 0 amide bonds. The number of aliphatic hydroxyl groups is 1. The molecule has 0 bridgehead atoms. The SMILES string of the molecule is CC1CCC(C(O)Oc2cc(F)c(-c3cc(F)c(/C=C/C(F)(F)F)c(F)c3)c(F)c2)CC1. The molecule has 0 heterocycles. The predicted molar refractivity (Wildman–Crippen MR) is 105 cm³/mol. The van der Waals surface area contributed by atoms with Crippen molar-refractivity contribution in [3.8, 4) is 16.9 Å². The van der Waals surface area contributed by atoms with Gasteiger partial charge in [-0.2, -0.15) is 13.2 Å². The van der Waals surface area contributed by atoms with Crippen LogP contribution in [0.1, 0.15) is 38.2 Å². The summed E-state index contributed by atoms with van der Waals surface area (Å²) in [4.78, 5) is 0. The van der Waals surface area contributed by atoms with Crippen molar-refractivity contribution < 1.29 is 40.6 Å². The van der Waals surface area contributed by atoms with Gasteiger partial charge in [0.2, 0.25) is 0 Å². The second-order valence-corrected chi connectivity index (χ2v) is 8.02. The van der Waals surface area contributed by atoms with E-state index in [1.165, 1.54) is 0 Å². The molecule has 0 spiro atoms. The Labute approximate surface area is 180 Å². The zero-order valence-electron chi connectivity index (χ0n) is 17.0. The molecule has 1 fully saturated rings. The van der Waals surface area contributed by atoms with Crippen LogP contribution in [0, 0.1) is 35.1 Å². The minimum atomic E-state index is -4.79. The fraction of sp³-hybridized carbons (Fsp3) is 0.391. The third-order valence-electron chi connectivity index (χ3n) is 5.54. The Hall–Kier alpha value is -2.55. The average Bonchev–Trinajstić information content (AvgIpc) is 2.66. The summed E-state index contributed by atoms with van der Waals surface area (Å²) in [5.41, 5.74) is -2.30. The molecule has 2 aromatic rings. The van der Waals surface area contributed by atoms with E-state index < -0.39 is 52.4 Å². The van der Waals surface area contributed by atoms with Crippen molar-refractivity contribution in [1.82, 2.24) is 0 Å². The molecular weight excluding hydrogens is 441 g/mol. The van der Waals surface area contributed by atoms with Crippen LogP contribution in [0.5, 0.6) is 5.75 Å². The molecule has 9 heteroatoms.